The Morgan fingerprint density at radius 3 is 2.58 bits per heavy atom. The maximum atomic E-state index is 12.6. The highest BCUT2D eigenvalue weighted by molar-refractivity contribution is 5.78. The van der Waals surface area contributed by atoms with Crippen LogP contribution in [0.4, 0.5) is 4.79 Å². The summed E-state index contributed by atoms with van der Waals surface area (Å²) >= 11 is 0. The van der Waals surface area contributed by atoms with Crippen molar-refractivity contribution in [1.82, 2.24) is 10.2 Å². The second kappa shape index (κ2) is 6.83. The van der Waals surface area contributed by atoms with E-state index in [1.54, 1.807) is 4.90 Å². The van der Waals surface area contributed by atoms with Gasteiger partial charge in [-0.3, -0.25) is 4.79 Å². The molecular formula is C21H22N2O3. The minimum absolute atomic E-state index is 0.00922. The Bertz CT molecular complexity index is 834. The summed E-state index contributed by atoms with van der Waals surface area (Å²) in [6, 6.07) is 16.5. The third-order valence-electron chi connectivity index (χ3n) is 5.45. The average molecular weight is 350 g/mol. The fraction of sp³-hybridized carbons (Fsp3) is 0.333. The lowest BCUT2D eigenvalue weighted by atomic mass is 9.99. The number of nitrogens with zero attached hydrogens (tertiary/aromatic N) is 1. The van der Waals surface area contributed by atoms with Gasteiger partial charge < -0.3 is 15.3 Å². The van der Waals surface area contributed by atoms with Crippen LogP contribution >= 0.6 is 0 Å². The number of nitrogens with one attached hydrogen (secondary N) is 1. The number of carbonyl (C=O) groups is 2. The van der Waals surface area contributed by atoms with Gasteiger partial charge in [0.25, 0.3) is 0 Å². The summed E-state index contributed by atoms with van der Waals surface area (Å²) in [4.78, 5) is 25.3. The number of amides is 2. The molecule has 2 N–H and O–H groups in total. The molecule has 0 saturated carbocycles. The number of carboxylic acids is 1. The van der Waals surface area contributed by atoms with E-state index in [2.05, 4.69) is 35.6 Å². The summed E-state index contributed by atoms with van der Waals surface area (Å²) in [6.07, 6.45) is 2.37. The van der Waals surface area contributed by atoms with Gasteiger partial charge >= 0.3 is 12.0 Å². The van der Waals surface area contributed by atoms with E-state index in [-0.39, 0.29) is 12.1 Å². The fourth-order valence-corrected chi connectivity index (χ4v) is 3.95. The van der Waals surface area contributed by atoms with Gasteiger partial charge in [-0.25, -0.2) is 4.79 Å². The van der Waals surface area contributed by atoms with Crippen LogP contribution in [0.15, 0.2) is 48.5 Å². The van der Waals surface area contributed by atoms with Crippen LogP contribution in [0, 0.1) is 5.92 Å². The predicted octanol–water partition coefficient (Wildman–Crippen LogP) is 3.46. The van der Waals surface area contributed by atoms with E-state index < -0.39 is 11.9 Å². The van der Waals surface area contributed by atoms with Crippen LogP contribution in [0.2, 0.25) is 0 Å². The third kappa shape index (κ3) is 3.17. The molecule has 2 aromatic rings. The van der Waals surface area contributed by atoms with Gasteiger partial charge in [-0.15, -0.1) is 0 Å². The fourth-order valence-electron chi connectivity index (χ4n) is 3.95. The first kappa shape index (κ1) is 16.6. The van der Waals surface area contributed by atoms with Gasteiger partial charge in [0.15, 0.2) is 0 Å². The monoisotopic (exact) mass is 350 g/mol. The highest BCUT2D eigenvalue weighted by Crippen LogP contribution is 2.34. The molecule has 0 aromatic heterocycles. The van der Waals surface area contributed by atoms with Gasteiger partial charge in [-0.1, -0.05) is 42.5 Å². The second-order valence-electron chi connectivity index (χ2n) is 7.09. The molecule has 0 spiro atoms. The molecule has 2 aromatic carbocycles. The van der Waals surface area contributed by atoms with Crippen LogP contribution < -0.4 is 5.32 Å². The van der Waals surface area contributed by atoms with Crippen LogP contribution in [-0.4, -0.2) is 35.1 Å². The Hall–Kier alpha value is -2.82. The van der Waals surface area contributed by atoms with Gasteiger partial charge in [0.2, 0.25) is 0 Å². The number of urea groups is 1. The average Bonchev–Trinajstić information content (AvgIpc) is 3.30. The largest absolute Gasteiger partial charge is 0.481 e. The first-order valence-corrected chi connectivity index (χ1v) is 9.08. The third-order valence-corrected chi connectivity index (χ3v) is 5.45. The molecule has 134 valence electrons. The first-order valence-electron chi connectivity index (χ1n) is 9.08. The number of benzene rings is 2. The summed E-state index contributed by atoms with van der Waals surface area (Å²) in [7, 11) is 0. The Labute approximate surface area is 152 Å². The normalized spacial score (nSPS) is 21.5. The SMILES string of the molecule is O=C(O)C1CCN(C(=O)NC2CCc3ccc(-c4ccccc4)cc32)C1. The van der Waals surface area contributed by atoms with Crippen molar-refractivity contribution in [3.63, 3.8) is 0 Å². The molecule has 26 heavy (non-hydrogen) atoms. The van der Waals surface area contributed by atoms with E-state index in [1.165, 1.54) is 11.1 Å². The maximum Gasteiger partial charge on any atom is 0.317 e. The number of hydrogen-bond donors (Lipinski definition) is 2. The van der Waals surface area contributed by atoms with Crippen molar-refractivity contribution >= 4 is 12.0 Å². The lowest BCUT2D eigenvalue weighted by Crippen LogP contribution is -2.40. The molecule has 4 rings (SSSR count). The van der Waals surface area contributed by atoms with Crippen LogP contribution in [0.3, 0.4) is 0 Å². The van der Waals surface area contributed by atoms with Gasteiger partial charge in [-0.05, 0) is 47.6 Å². The van der Waals surface area contributed by atoms with E-state index in [0.29, 0.717) is 19.5 Å². The molecule has 2 aliphatic rings. The molecule has 5 nitrogen and oxygen atoms in total. The van der Waals surface area contributed by atoms with E-state index in [0.717, 1.165) is 24.0 Å². The van der Waals surface area contributed by atoms with Gasteiger partial charge in [0, 0.05) is 13.1 Å². The minimum Gasteiger partial charge on any atom is -0.481 e. The molecule has 1 aliphatic carbocycles. The molecule has 0 radical (unpaired) electrons. The van der Waals surface area contributed by atoms with Crippen molar-refractivity contribution in [2.24, 2.45) is 5.92 Å². The summed E-state index contributed by atoms with van der Waals surface area (Å²) in [5, 5.41) is 12.2. The smallest absolute Gasteiger partial charge is 0.317 e. The predicted molar refractivity (Wildman–Crippen MR) is 98.8 cm³/mol. The standard InChI is InChI=1S/C21H22N2O3/c24-20(25)17-10-11-23(13-17)21(26)22-19-9-8-15-6-7-16(12-18(15)19)14-4-2-1-3-5-14/h1-7,12,17,19H,8-11,13H2,(H,22,26)(H,24,25). The quantitative estimate of drug-likeness (QED) is 0.891. The molecule has 1 heterocycles. The van der Waals surface area contributed by atoms with Gasteiger partial charge in [0.1, 0.15) is 0 Å². The van der Waals surface area contributed by atoms with E-state index in [1.807, 2.05) is 18.2 Å². The molecule has 5 heteroatoms. The van der Waals surface area contributed by atoms with Gasteiger partial charge in [0.05, 0.1) is 12.0 Å². The molecule has 2 atom stereocenters. The van der Waals surface area contributed by atoms with Crippen LogP contribution in [0.25, 0.3) is 11.1 Å². The summed E-state index contributed by atoms with van der Waals surface area (Å²) in [5.74, 6) is -1.26. The molecule has 0 bridgehead atoms. The summed E-state index contributed by atoms with van der Waals surface area (Å²) in [6.45, 7) is 0.803. The molecule has 1 aliphatic heterocycles. The molecule has 2 unspecified atom stereocenters. The Morgan fingerprint density at radius 1 is 1.04 bits per heavy atom. The minimum atomic E-state index is -0.820. The molecule has 2 amide bonds. The number of fused-ring (bicyclic) bond motifs is 1. The zero-order valence-electron chi connectivity index (χ0n) is 14.5. The maximum absolute atomic E-state index is 12.6. The van der Waals surface area contributed by atoms with E-state index >= 15 is 0 Å². The summed E-state index contributed by atoms with van der Waals surface area (Å²) in [5.41, 5.74) is 4.77. The zero-order valence-corrected chi connectivity index (χ0v) is 14.5. The number of aliphatic carboxylic acids is 1. The number of rotatable bonds is 3. The number of aryl methyl sites for hydroxylation is 1. The van der Waals surface area contributed by atoms with E-state index in [9.17, 15) is 9.59 Å². The zero-order chi connectivity index (χ0) is 18.1. The highest BCUT2D eigenvalue weighted by Gasteiger charge is 2.33. The van der Waals surface area contributed by atoms with Gasteiger partial charge in [-0.2, -0.15) is 0 Å². The van der Waals surface area contributed by atoms with E-state index in [4.69, 9.17) is 5.11 Å². The number of likely N-dealkylation sites (tertiary alicyclic amines) is 1. The molecule has 1 fully saturated rings. The lowest BCUT2D eigenvalue weighted by molar-refractivity contribution is -0.141. The van der Waals surface area contributed by atoms with Crippen molar-refractivity contribution in [3.8, 4) is 11.1 Å². The number of hydrogen-bond acceptors (Lipinski definition) is 2. The topological polar surface area (TPSA) is 69.6 Å². The first-order chi connectivity index (χ1) is 12.6. The van der Waals surface area contributed by atoms with Crippen molar-refractivity contribution < 1.29 is 14.7 Å². The highest BCUT2D eigenvalue weighted by atomic mass is 16.4. The van der Waals surface area contributed by atoms with Crippen molar-refractivity contribution in [2.45, 2.75) is 25.3 Å². The van der Waals surface area contributed by atoms with Crippen LogP contribution in [0.5, 0.6) is 0 Å². The number of carbonyl (C=O) groups excluding carboxylic acids is 1. The molecular weight excluding hydrogens is 328 g/mol. The number of carboxylic acid groups (broad SMARTS) is 1. The Balaban J connectivity index is 1.49. The van der Waals surface area contributed by atoms with Crippen molar-refractivity contribution in [2.75, 3.05) is 13.1 Å². The Morgan fingerprint density at radius 2 is 1.85 bits per heavy atom. The van der Waals surface area contributed by atoms with Crippen LogP contribution in [0.1, 0.15) is 30.0 Å². The molecule has 1 saturated heterocycles. The van der Waals surface area contributed by atoms with Crippen molar-refractivity contribution in [1.29, 1.82) is 0 Å². The summed E-state index contributed by atoms with van der Waals surface area (Å²) < 4.78 is 0. The van der Waals surface area contributed by atoms with Crippen molar-refractivity contribution in [3.05, 3.63) is 59.7 Å². The lowest BCUT2D eigenvalue weighted by Gasteiger charge is -2.21. The van der Waals surface area contributed by atoms with Crippen LogP contribution in [-0.2, 0) is 11.2 Å². The Kier molecular flexibility index (Phi) is 4.37. The second-order valence-corrected chi connectivity index (χ2v) is 7.09.